The van der Waals surface area contributed by atoms with Crippen LogP contribution in [0.3, 0.4) is 0 Å². The lowest BCUT2D eigenvalue weighted by molar-refractivity contribution is 0.527. The highest BCUT2D eigenvalue weighted by Gasteiger charge is 2.17. The molecule has 0 saturated carbocycles. The first kappa shape index (κ1) is 14.6. The molecule has 1 aromatic rings. The van der Waals surface area contributed by atoms with Gasteiger partial charge in [0.25, 0.3) is 0 Å². The van der Waals surface area contributed by atoms with Crippen molar-refractivity contribution in [3.63, 3.8) is 0 Å². The predicted molar refractivity (Wildman–Crippen MR) is 72.1 cm³/mol. The Bertz CT molecular complexity index is 413. The highest BCUT2D eigenvalue weighted by molar-refractivity contribution is 7.92. The molecule has 0 radical (unpaired) electrons. The van der Waals surface area contributed by atoms with E-state index in [1.165, 1.54) is 0 Å². The monoisotopic (exact) mass is 276 g/mol. The third-order valence-electron chi connectivity index (χ3n) is 2.65. The van der Waals surface area contributed by atoms with Crippen LogP contribution >= 0.6 is 11.3 Å². The molecule has 1 atom stereocenters. The van der Waals surface area contributed by atoms with Crippen molar-refractivity contribution in [2.24, 2.45) is 0 Å². The summed E-state index contributed by atoms with van der Waals surface area (Å²) in [5, 5.41) is 5.91. The summed E-state index contributed by atoms with van der Waals surface area (Å²) in [7, 11) is -2.95. The van der Waals surface area contributed by atoms with Crippen LogP contribution in [0, 0.1) is 0 Å². The lowest BCUT2D eigenvalue weighted by atomic mass is 10.2. The van der Waals surface area contributed by atoms with Gasteiger partial charge in [0, 0.05) is 18.1 Å². The van der Waals surface area contributed by atoms with Crippen LogP contribution in [-0.2, 0) is 9.84 Å². The molecule has 1 unspecified atom stereocenters. The largest absolute Gasteiger partial charge is 0.307 e. The van der Waals surface area contributed by atoms with Crippen molar-refractivity contribution in [3.05, 3.63) is 16.6 Å². The number of hydrogen-bond donors (Lipinski definition) is 1. The van der Waals surface area contributed by atoms with Crippen LogP contribution in [0.15, 0.2) is 11.6 Å². The molecule has 1 heterocycles. The molecular formula is C11H20N2O2S2. The van der Waals surface area contributed by atoms with Gasteiger partial charge in [-0.15, -0.1) is 11.3 Å². The minimum atomic E-state index is -2.95. The summed E-state index contributed by atoms with van der Waals surface area (Å²) in [5.41, 5.74) is 0. The summed E-state index contributed by atoms with van der Waals surface area (Å²) in [6.07, 6.45) is 2.68. The molecule has 0 aliphatic carbocycles. The van der Waals surface area contributed by atoms with Crippen LogP contribution in [-0.4, -0.2) is 30.9 Å². The van der Waals surface area contributed by atoms with E-state index in [2.05, 4.69) is 17.2 Å². The standard InChI is InChI=1S/C11H20N2O2S2/c1-4-10(11-13-5-7-16-11)12-6-8-17(14,15)9(2)3/h5,7,9-10,12H,4,6,8H2,1-3H3. The Morgan fingerprint density at radius 2 is 2.18 bits per heavy atom. The maximum Gasteiger partial charge on any atom is 0.153 e. The van der Waals surface area contributed by atoms with Crippen LogP contribution in [0.5, 0.6) is 0 Å². The zero-order chi connectivity index (χ0) is 12.9. The number of sulfone groups is 1. The van der Waals surface area contributed by atoms with Crippen LogP contribution in [0.4, 0.5) is 0 Å². The number of nitrogens with one attached hydrogen (secondary N) is 1. The zero-order valence-corrected chi connectivity index (χ0v) is 12.1. The van der Waals surface area contributed by atoms with Crippen LogP contribution in [0.2, 0.25) is 0 Å². The second kappa shape index (κ2) is 6.47. The SMILES string of the molecule is CCC(NCCS(=O)(=O)C(C)C)c1nccs1. The summed E-state index contributed by atoms with van der Waals surface area (Å²) < 4.78 is 23.3. The summed E-state index contributed by atoms with van der Waals surface area (Å²) >= 11 is 1.60. The normalized spacial score (nSPS) is 14.1. The van der Waals surface area contributed by atoms with Gasteiger partial charge in [-0.1, -0.05) is 6.92 Å². The maximum absolute atomic E-state index is 11.6. The fourth-order valence-corrected chi connectivity index (χ4v) is 3.09. The van der Waals surface area contributed by atoms with Crippen molar-refractivity contribution < 1.29 is 8.42 Å². The van der Waals surface area contributed by atoms with Crippen molar-refractivity contribution in [2.75, 3.05) is 12.3 Å². The Kier molecular flexibility index (Phi) is 5.55. The molecule has 0 saturated heterocycles. The molecule has 1 aromatic heterocycles. The Labute approximate surface area is 107 Å². The maximum atomic E-state index is 11.6. The second-order valence-electron chi connectivity index (χ2n) is 4.20. The fourth-order valence-electron chi connectivity index (χ4n) is 1.42. The molecule has 4 nitrogen and oxygen atoms in total. The number of nitrogens with zero attached hydrogens (tertiary/aromatic N) is 1. The molecule has 0 fully saturated rings. The van der Waals surface area contributed by atoms with Crippen molar-refractivity contribution in [1.82, 2.24) is 10.3 Å². The predicted octanol–water partition coefficient (Wildman–Crippen LogP) is 2.01. The van der Waals surface area contributed by atoms with Gasteiger partial charge >= 0.3 is 0 Å². The van der Waals surface area contributed by atoms with Crippen molar-refractivity contribution in [2.45, 2.75) is 38.5 Å². The van der Waals surface area contributed by atoms with Crippen LogP contribution in [0.25, 0.3) is 0 Å². The highest BCUT2D eigenvalue weighted by atomic mass is 32.2. The summed E-state index contributed by atoms with van der Waals surface area (Å²) in [4.78, 5) is 4.24. The number of aromatic nitrogens is 1. The first-order valence-corrected chi connectivity index (χ1v) is 8.41. The molecule has 0 amide bonds. The minimum Gasteiger partial charge on any atom is -0.307 e. The molecule has 0 aliphatic heterocycles. The first-order chi connectivity index (χ1) is 7.97. The third-order valence-corrected chi connectivity index (χ3v) is 5.75. The van der Waals surface area contributed by atoms with E-state index in [0.29, 0.717) is 6.54 Å². The van der Waals surface area contributed by atoms with Gasteiger partial charge in [-0.25, -0.2) is 13.4 Å². The topological polar surface area (TPSA) is 59.1 Å². The molecule has 1 rings (SSSR count). The smallest absolute Gasteiger partial charge is 0.153 e. The molecule has 0 aromatic carbocycles. The molecule has 17 heavy (non-hydrogen) atoms. The van der Waals surface area contributed by atoms with Crippen LogP contribution in [0.1, 0.15) is 38.2 Å². The molecular weight excluding hydrogens is 256 g/mol. The van der Waals surface area contributed by atoms with Crippen molar-refractivity contribution >= 4 is 21.2 Å². The molecule has 1 N–H and O–H groups in total. The quantitative estimate of drug-likeness (QED) is 0.827. The van der Waals surface area contributed by atoms with Gasteiger partial charge in [0.05, 0.1) is 17.0 Å². The molecule has 98 valence electrons. The van der Waals surface area contributed by atoms with E-state index >= 15 is 0 Å². The van der Waals surface area contributed by atoms with Gasteiger partial charge in [-0.3, -0.25) is 0 Å². The fraction of sp³-hybridized carbons (Fsp3) is 0.727. The van der Waals surface area contributed by atoms with Gasteiger partial charge in [-0.2, -0.15) is 0 Å². The van der Waals surface area contributed by atoms with Gasteiger partial charge in [0.15, 0.2) is 9.84 Å². The third kappa shape index (κ3) is 4.37. The second-order valence-corrected chi connectivity index (χ2v) is 7.80. The van der Waals surface area contributed by atoms with Crippen molar-refractivity contribution in [1.29, 1.82) is 0 Å². The first-order valence-electron chi connectivity index (χ1n) is 5.81. The lowest BCUT2D eigenvalue weighted by Crippen LogP contribution is -2.29. The average molecular weight is 276 g/mol. The minimum absolute atomic E-state index is 0.164. The van der Waals surface area contributed by atoms with E-state index in [-0.39, 0.29) is 17.0 Å². The zero-order valence-electron chi connectivity index (χ0n) is 10.5. The average Bonchev–Trinajstić information content (AvgIpc) is 2.77. The lowest BCUT2D eigenvalue weighted by Gasteiger charge is -2.15. The van der Waals surface area contributed by atoms with E-state index in [9.17, 15) is 8.42 Å². The molecule has 6 heteroatoms. The molecule has 0 spiro atoms. The van der Waals surface area contributed by atoms with E-state index < -0.39 is 9.84 Å². The number of rotatable bonds is 7. The summed E-state index contributed by atoms with van der Waals surface area (Å²) in [6.45, 7) is 5.98. The van der Waals surface area contributed by atoms with Gasteiger partial charge in [0.1, 0.15) is 5.01 Å². The summed E-state index contributed by atoms with van der Waals surface area (Å²) in [6, 6.07) is 0.164. The van der Waals surface area contributed by atoms with E-state index in [1.54, 1.807) is 31.4 Å². The van der Waals surface area contributed by atoms with Crippen molar-refractivity contribution in [3.8, 4) is 0 Å². The number of thiazole rings is 1. The van der Waals surface area contributed by atoms with E-state index in [4.69, 9.17) is 0 Å². The Balaban J connectivity index is 2.45. The Hall–Kier alpha value is -0.460. The Morgan fingerprint density at radius 3 is 2.65 bits per heavy atom. The van der Waals surface area contributed by atoms with Gasteiger partial charge < -0.3 is 5.32 Å². The highest BCUT2D eigenvalue weighted by Crippen LogP contribution is 2.18. The number of hydrogen-bond acceptors (Lipinski definition) is 5. The van der Waals surface area contributed by atoms with Gasteiger partial charge in [-0.05, 0) is 20.3 Å². The van der Waals surface area contributed by atoms with E-state index in [0.717, 1.165) is 11.4 Å². The van der Waals surface area contributed by atoms with Gasteiger partial charge in [0.2, 0.25) is 0 Å². The van der Waals surface area contributed by atoms with E-state index in [1.807, 2.05) is 5.38 Å². The molecule has 0 aliphatic rings. The van der Waals surface area contributed by atoms with Crippen LogP contribution < -0.4 is 5.32 Å². The summed E-state index contributed by atoms with van der Waals surface area (Å²) in [5.74, 6) is 0.187. The Morgan fingerprint density at radius 1 is 1.47 bits per heavy atom. The molecule has 0 bridgehead atoms.